The zero-order valence-electron chi connectivity index (χ0n) is 8.74. The predicted molar refractivity (Wildman–Crippen MR) is 59.6 cm³/mol. The van der Waals surface area contributed by atoms with Crippen LogP contribution in [0.15, 0.2) is 23.5 Å². The summed E-state index contributed by atoms with van der Waals surface area (Å²) in [6.07, 6.45) is 2.05. The highest BCUT2D eigenvalue weighted by atomic mass is 16.4. The second-order valence-corrected chi connectivity index (χ2v) is 3.78. The Hall–Kier alpha value is -1.82. The first-order chi connectivity index (χ1) is 7.70. The minimum Gasteiger partial charge on any atom is -0.409 e. The van der Waals surface area contributed by atoms with Crippen molar-refractivity contribution >= 4 is 11.7 Å². The topological polar surface area (TPSA) is 95.0 Å². The van der Waals surface area contributed by atoms with Crippen LogP contribution in [-0.2, 0) is 0 Å². The molecular formula is C10H14N4O2. The van der Waals surface area contributed by atoms with Gasteiger partial charge in [0.2, 0.25) is 0 Å². The Balaban J connectivity index is 2.13. The highest BCUT2D eigenvalue weighted by molar-refractivity contribution is 5.96. The van der Waals surface area contributed by atoms with Crippen LogP contribution in [0.3, 0.4) is 0 Å². The first-order valence-electron chi connectivity index (χ1n) is 5.07. The Bertz CT molecular complexity index is 390. The third-order valence-corrected chi connectivity index (χ3v) is 2.64. The van der Waals surface area contributed by atoms with E-state index in [0.717, 1.165) is 18.8 Å². The third kappa shape index (κ3) is 2.06. The molecule has 1 atom stereocenters. The molecule has 1 saturated heterocycles. The average Bonchev–Trinajstić information content (AvgIpc) is 2.75. The van der Waals surface area contributed by atoms with E-state index in [1.807, 2.05) is 4.90 Å². The molecule has 4 N–H and O–H groups in total. The Morgan fingerprint density at radius 1 is 1.56 bits per heavy atom. The lowest BCUT2D eigenvalue weighted by atomic mass is 10.2. The normalized spacial score (nSPS) is 21.4. The smallest absolute Gasteiger partial charge is 0.171 e. The molecule has 1 fully saturated rings. The van der Waals surface area contributed by atoms with Crippen molar-refractivity contribution in [1.29, 1.82) is 0 Å². The van der Waals surface area contributed by atoms with Crippen LogP contribution in [0.4, 0.5) is 5.82 Å². The zero-order chi connectivity index (χ0) is 11.5. The molecule has 0 bridgehead atoms. The largest absolute Gasteiger partial charge is 0.409 e. The van der Waals surface area contributed by atoms with Gasteiger partial charge in [-0.2, -0.15) is 0 Å². The lowest BCUT2D eigenvalue weighted by molar-refractivity contribution is 0.198. The summed E-state index contributed by atoms with van der Waals surface area (Å²) in [7, 11) is 0. The van der Waals surface area contributed by atoms with E-state index in [4.69, 9.17) is 10.9 Å². The summed E-state index contributed by atoms with van der Waals surface area (Å²) < 4.78 is 0. The van der Waals surface area contributed by atoms with Gasteiger partial charge < -0.3 is 20.9 Å². The van der Waals surface area contributed by atoms with Gasteiger partial charge in [-0.1, -0.05) is 5.16 Å². The van der Waals surface area contributed by atoms with Crippen LogP contribution in [0.25, 0.3) is 0 Å². The highest BCUT2D eigenvalue weighted by Gasteiger charge is 2.21. The fourth-order valence-corrected chi connectivity index (χ4v) is 1.73. The lowest BCUT2D eigenvalue weighted by Crippen LogP contribution is -2.22. The van der Waals surface area contributed by atoms with E-state index >= 15 is 0 Å². The van der Waals surface area contributed by atoms with Crippen LogP contribution in [0.1, 0.15) is 12.0 Å². The van der Waals surface area contributed by atoms with Gasteiger partial charge in [-0.15, -0.1) is 0 Å². The number of nitrogens with two attached hydrogens (primary N) is 1. The lowest BCUT2D eigenvalue weighted by Gasteiger charge is -2.16. The summed E-state index contributed by atoms with van der Waals surface area (Å²) in [5.74, 6) is 0.839. The minimum atomic E-state index is -0.273. The van der Waals surface area contributed by atoms with Gasteiger partial charge in [-0.3, -0.25) is 0 Å². The number of aromatic nitrogens is 1. The first-order valence-corrected chi connectivity index (χ1v) is 5.07. The Labute approximate surface area is 93.0 Å². The van der Waals surface area contributed by atoms with Crippen molar-refractivity contribution in [3.8, 4) is 0 Å². The van der Waals surface area contributed by atoms with E-state index in [9.17, 15) is 5.11 Å². The van der Waals surface area contributed by atoms with E-state index in [0.29, 0.717) is 12.1 Å². The molecule has 0 aliphatic carbocycles. The van der Waals surface area contributed by atoms with Gasteiger partial charge in [0.05, 0.1) is 6.10 Å². The van der Waals surface area contributed by atoms with E-state index < -0.39 is 0 Å². The number of hydrogen-bond acceptors (Lipinski definition) is 5. The van der Waals surface area contributed by atoms with E-state index in [2.05, 4.69) is 10.1 Å². The van der Waals surface area contributed by atoms with Crippen LogP contribution in [0.2, 0.25) is 0 Å². The molecule has 0 amide bonds. The number of amidine groups is 1. The number of pyridine rings is 1. The molecule has 86 valence electrons. The maximum atomic E-state index is 9.40. The molecule has 0 saturated carbocycles. The van der Waals surface area contributed by atoms with Crippen molar-refractivity contribution in [2.75, 3.05) is 18.0 Å². The summed E-state index contributed by atoms with van der Waals surface area (Å²) in [5, 5.41) is 20.8. The number of anilines is 1. The summed E-state index contributed by atoms with van der Waals surface area (Å²) in [4.78, 5) is 6.21. The Morgan fingerprint density at radius 2 is 2.38 bits per heavy atom. The number of oxime groups is 1. The number of aliphatic hydroxyl groups is 1. The minimum absolute atomic E-state index is 0.0421. The molecule has 2 rings (SSSR count). The van der Waals surface area contributed by atoms with Crippen molar-refractivity contribution in [2.24, 2.45) is 10.9 Å². The summed E-state index contributed by atoms with van der Waals surface area (Å²) >= 11 is 0. The van der Waals surface area contributed by atoms with Gasteiger partial charge in [0.15, 0.2) is 5.84 Å². The summed E-state index contributed by atoms with van der Waals surface area (Å²) in [5.41, 5.74) is 6.00. The molecule has 6 heteroatoms. The molecule has 1 unspecified atom stereocenters. The molecule has 0 radical (unpaired) electrons. The van der Waals surface area contributed by atoms with Gasteiger partial charge >= 0.3 is 0 Å². The van der Waals surface area contributed by atoms with Crippen molar-refractivity contribution in [3.63, 3.8) is 0 Å². The van der Waals surface area contributed by atoms with Crippen molar-refractivity contribution in [2.45, 2.75) is 12.5 Å². The maximum Gasteiger partial charge on any atom is 0.171 e. The molecule has 2 heterocycles. The summed E-state index contributed by atoms with van der Waals surface area (Å²) in [6.45, 7) is 1.41. The molecular weight excluding hydrogens is 208 g/mol. The molecule has 16 heavy (non-hydrogen) atoms. The fourth-order valence-electron chi connectivity index (χ4n) is 1.73. The third-order valence-electron chi connectivity index (χ3n) is 2.64. The quantitative estimate of drug-likeness (QED) is 0.277. The van der Waals surface area contributed by atoms with Crippen molar-refractivity contribution in [1.82, 2.24) is 4.98 Å². The molecule has 1 aliphatic heterocycles. The second kappa shape index (κ2) is 4.36. The van der Waals surface area contributed by atoms with Gasteiger partial charge in [0.25, 0.3) is 0 Å². The molecule has 1 aromatic heterocycles. The number of nitrogens with zero attached hydrogens (tertiary/aromatic N) is 3. The molecule has 6 nitrogen and oxygen atoms in total. The van der Waals surface area contributed by atoms with Crippen molar-refractivity contribution < 1.29 is 10.3 Å². The number of β-amino-alcohol motifs (C(OH)–C–C–N with tert-alkyl or cyclic N) is 1. The van der Waals surface area contributed by atoms with Crippen LogP contribution in [0, 0.1) is 0 Å². The molecule has 1 aliphatic rings. The van der Waals surface area contributed by atoms with Gasteiger partial charge in [-0.25, -0.2) is 4.98 Å². The van der Waals surface area contributed by atoms with E-state index in [1.54, 1.807) is 18.3 Å². The van der Waals surface area contributed by atoms with Gasteiger partial charge in [-0.05, 0) is 18.6 Å². The number of hydrogen-bond donors (Lipinski definition) is 3. The highest BCUT2D eigenvalue weighted by Crippen LogP contribution is 2.17. The van der Waals surface area contributed by atoms with Crippen molar-refractivity contribution in [3.05, 3.63) is 23.9 Å². The average molecular weight is 222 g/mol. The predicted octanol–water partition coefficient (Wildman–Crippen LogP) is -0.253. The zero-order valence-corrected chi connectivity index (χ0v) is 8.74. The summed E-state index contributed by atoms with van der Waals surface area (Å²) in [6, 6.07) is 3.54. The number of rotatable bonds is 2. The Morgan fingerprint density at radius 3 is 2.88 bits per heavy atom. The second-order valence-electron chi connectivity index (χ2n) is 3.78. The van der Waals surface area contributed by atoms with Crippen LogP contribution in [0.5, 0.6) is 0 Å². The van der Waals surface area contributed by atoms with E-state index in [1.165, 1.54) is 0 Å². The first kappa shape index (κ1) is 10.7. The standard InChI is InChI=1S/C10H14N4O2/c11-10(13-16)7-1-2-9(12-5-7)14-4-3-8(15)6-14/h1-2,5,8,15-16H,3-4,6H2,(H2,11,13). The van der Waals surface area contributed by atoms with Crippen LogP contribution in [-0.4, -0.2) is 40.3 Å². The van der Waals surface area contributed by atoms with Gasteiger partial charge in [0.1, 0.15) is 5.82 Å². The maximum absolute atomic E-state index is 9.40. The fraction of sp³-hybridized carbons (Fsp3) is 0.400. The molecule has 1 aromatic rings. The van der Waals surface area contributed by atoms with E-state index in [-0.39, 0.29) is 11.9 Å². The molecule has 0 spiro atoms. The number of aliphatic hydroxyl groups excluding tert-OH is 1. The van der Waals surface area contributed by atoms with Gasteiger partial charge in [0, 0.05) is 24.8 Å². The Kier molecular flexibility index (Phi) is 2.91. The van der Waals surface area contributed by atoms with Crippen LogP contribution >= 0.6 is 0 Å². The molecule has 0 aromatic carbocycles. The van der Waals surface area contributed by atoms with Crippen LogP contribution < -0.4 is 10.6 Å². The SMILES string of the molecule is NC(=NO)c1ccc(N2CCC(O)C2)nc1. The monoisotopic (exact) mass is 222 g/mol.